The maximum Gasteiger partial charge on any atom is 0.416 e. The third-order valence-electron chi connectivity index (χ3n) is 4.31. The van der Waals surface area contributed by atoms with Crippen molar-refractivity contribution in [3.8, 4) is 6.07 Å². The maximum atomic E-state index is 12.7. The Morgan fingerprint density at radius 2 is 2.04 bits per heavy atom. The summed E-state index contributed by atoms with van der Waals surface area (Å²) in [5.74, 6) is -2.69. The number of aromatic nitrogens is 1. The van der Waals surface area contributed by atoms with Gasteiger partial charge in [0.15, 0.2) is 5.13 Å². The number of halogens is 3. The molecule has 1 aromatic heterocycles. The van der Waals surface area contributed by atoms with Gasteiger partial charge in [-0.15, -0.1) is 0 Å². The summed E-state index contributed by atoms with van der Waals surface area (Å²) >= 11 is 0.970. The van der Waals surface area contributed by atoms with E-state index in [-0.39, 0.29) is 11.7 Å². The minimum atomic E-state index is -4.46. The number of amides is 2. The number of carbonyl (C=O) groups is 2. The first kappa shape index (κ1) is 18.8. The number of nitrogens with one attached hydrogen (secondary N) is 1. The molecule has 0 spiro atoms. The standard InChI is InChI=1S/C17H13F3N4O2S/c1-24-8-12(9-2-4-10(5-3-9)17(18,19)20)13(15(24)26)14(25)23-16-22-7-11(6-21)27-16/h2-5,7,12-13H,8H2,1H3,(H,22,23,25)/t12-,13+/m0/s1. The Morgan fingerprint density at radius 3 is 2.59 bits per heavy atom. The highest BCUT2D eigenvalue weighted by Gasteiger charge is 2.44. The van der Waals surface area contributed by atoms with Crippen LogP contribution in [-0.2, 0) is 15.8 Å². The lowest BCUT2D eigenvalue weighted by Gasteiger charge is -2.17. The minimum absolute atomic E-state index is 0.185. The van der Waals surface area contributed by atoms with E-state index in [1.165, 1.54) is 30.3 Å². The van der Waals surface area contributed by atoms with Crippen LogP contribution in [0.4, 0.5) is 18.3 Å². The van der Waals surface area contributed by atoms with Crippen molar-refractivity contribution in [1.82, 2.24) is 9.88 Å². The number of likely N-dealkylation sites (N-methyl/N-ethyl adjacent to an activating group) is 1. The summed E-state index contributed by atoms with van der Waals surface area (Å²) in [5.41, 5.74) is -0.325. The second kappa shape index (κ2) is 7.00. The lowest BCUT2D eigenvalue weighted by Crippen LogP contribution is -2.32. The van der Waals surface area contributed by atoms with Gasteiger partial charge >= 0.3 is 6.18 Å². The van der Waals surface area contributed by atoms with Crippen molar-refractivity contribution >= 4 is 28.3 Å². The second-order valence-electron chi connectivity index (χ2n) is 6.05. The van der Waals surface area contributed by atoms with E-state index in [2.05, 4.69) is 10.3 Å². The van der Waals surface area contributed by atoms with Crippen LogP contribution in [0, 0.1) is 17.2 Å². The quantitative estimate of drug-likeness (QED) is 0.811. The van der Waals surface area contributed by atoms with Gasteiger partial charge in [-0.3, -0.25) is 9.59 Å². The van der Waals surface area contributed by atoms with E-state index in [1.807, 2.05) is 6.07 Å². The van der Waals surface area contributed by atoms with E-state index in [0.29, 0.717) is 10.4 Å². The topological polar surface area (TPSA) is 86.1 Å². The van der Waals surface area contributed by atoms with Crippen molar-refractivity contribution in [3.63, 3.8) is 0 Å². The third kappa shape index (κ3) is 3.78. The minimum Gasteiger partial charge on any atom is -0.344 e. The molecular formula is C17H13F3N4O2S. The van der Waals surface area contributed by atoms with Crippen molar-refractivity contribution in [1.29, 1.82) is 5.26 Å². The number of rotatable bonds is 3. The fourth-order valence-corrected chi connectivity index (χ4v) is 3.60. The molecule has 140 valence electrons. The van der Waals surface area contributed by atoms with Gasteiger partial charge in [-0.05, 0) is 17.7 Å². The average Bonchev–Trinajstić information content (AvgIpc) is 3.19. The van der Waals surface area contributed by atoms with E-state index in [9.17, 15) is 22.8 Å². The summed E-state index contributed by atoms with van der Waals surface area (Å²) in [6, 6.07) is 6.35. The summed E-state index contributed by atoms with van der Waals surface area (Å²) in [4.78, 5) is 30.6. The Bertz CT molecular complexity index is 917. The van der Waals surface area contributed by atoms with Gasteiger partial charge < -0.3 is 10.2 Å². The Hall–Kier alpha value is -2.93. The first-order valence-corrected chi connectivity index (χ1v) is 8.61. The van der Waals surface area contributed by atoms with Gasteiger partial charge in [0.1, 0.15) is 16.9 Å². The zero-order valence-electron chi connectivity index (χ0n) is 13.9. The SMILES string of the molecule is CN1C[C@@H](c2ccc(C(F)(F)F)cc2)[C@H](C(=O)Nc2ncc(C#N)s2)C1=O. The molecule has 1 fully saturated rings. The third-order valence-corrected chi connectivity index (χ3v) is 5.13. The normalized spacial score (nSPS) is 19.8. The highest BCUT2D eigenvalue weighted by molar-refractivity contribution is 7.16. The molecule has 2 amide bonds. The molecule has 2 atom stereocenters. The molecule has 1 aliphatic rings. The summed E-state index contributed by atoms with van der Waals surface area (Å²) in [7, 11) is 1.53. The predicted molar refractivity (Wildman–Crippen MR) is 90.8 cm³/mol. The number of nitriles is 1. The van der Waals surface area contributed by atoms with Crippen molar-refractivity contribution < 1.29 is 22.8 Å². The largest absolute Gasteiger partial charge is 0.416 e. The molecular weight excluding hydrogens is 381 g/mol. The first-order valence-electron chi connectivity index (χ1n) is 7.79. The van der Waals surface area contributed by atoms with Gasteiger partial charge in [0.25, 0.3) is 0 Å². The van der Waals surface area contributed by atoms with Crippen molar-refractivity contribution in [2.75, 3.05) is 18.9 Å². The lowest BCUT2D eigenvalue weighted by molar-refractivity contribution is -0.138. The van der Waals surface area contributed by atoms with Crippen LogP contribution in [0.5, 0.6) is 0 Å². The maximum absolute atomic E-state index is 12.7. The number of carbonyl (C=O) groups excluding carboxylic acids is 2. The highest BCUT2D eigenvalue weighted by atomic mass is 32.1. The number of thiazole rings is 1. The molecule has 1 N–H and O–H groups in total. The number of likely N-dealkylation sites (tertiary alicyclic amines) is 1. The second-order valence-corrected chi connectivity index (χ2v) is 7.08. The summed E-state index contributed by atoms with van der Waals surface area (Å²) in [5, 5.41) is 11.5. The molecule has 1 saturated heterocycles. The highest BCUT2D eigenvalue weighted by Crippen LogP contribution is 2.36. The average molecular weight is 394 g/mol. The fourth-order valence-electron chi connectivity index (χ4n) is 2.98. The van der Waals surface area contributed by atoms with Crippen LogP contribution in [0.2, 0.25) is 0 Å². The Morgan fingerprint density at radius 1 is 1.37 bits per heavy atom. The first-order chi connectivity index (χ1) is 12.7. The molecule has 2 heterocycles. The number of hydrogen-bond donors (Lipinski definition) is 1. The summed E-state index contributed by atoms with van der Waals surface area (Å²) in [6.07, 6.45) is -3.16. The predicted octanol–water partition coefficient (Wildman–Crippen LogP) is 2.84. The number of alkyl halides is 3. The van der Waals surface area contributed by atoms with Crippen LogP contribution in [0.1, 0.15) is 21.9 Å². The van der Waals surface area contributed by atoms with Gasteiger partial charge in [0.2, 0.25) is 11.8 Å². The van der Waals surface area contributed by atoms with E-state index < -0.39 is 35.4 Å². The summed E-state index contributed by atoms with van der Waals surface area (Å²) in [6.45, 7) is 0.212. The van der Waals surface area contributed by atoms with E-state index in [1.54, 1.807) is 0 Å². The van der Waals surface area contributed by atoms with Gasteiger partial charge in [-0.25, -0.2) is 4.98 Å². The van der Waals surface area contributed by atoms with Crippen LogP contribution in [0.3, 0.4) is 0 Å². The fraction of sp³-hybridized carbons (Fsp3) is 0.294. The molecule has 0 unspecified atom stereocenters. The van der Waals surface area contributed by atoms with Crippen molar-refractivity contribution in [2.45, 2.75) is 12.1 Å². The number of nitrogens with zero attached hydrogens (tertiary/aromatic N) is 3. The molecule has 0 aliphatic carbocycles. The molecule has 0 saturated carbocycles. The Labute approximate surface area is 156 Å². The Balaban J connectivity index is 1.84. The van der Waals surface area contributed by atoms with Crippen LogP contribution >= 0.6 is 11.3 Å². The van der Waals surface area contributed by atoms with E-state index >= 15 is 0 Å². The van der Waals surface area contributed by atoms with Gasteiger partial charge in [0.05, 0.1) is 11.8 Å². The smallest absolute Gasteiger partial charge is 0.344 e. The van der Waals surface area contributed by atoms with Crippen LogP contribution < -0.4 is 5.32 Å². The number of benzene rings is 1. The van der Waals surface area contributed by atoms with Gasteiger partial charge in [-0.2, -0.15) is 18.4 Å². The van der Waals surface area contributed by atoms with E-state index in [4.69, 9.17) is 5.26 Å². The van der Waals surface area contributed by atoms with Crippen LogP contribution in [-0.4, -0.2) is 35.3 Å². The zero-order valence-corrected chi connectivity index (χ0v) is 14.8. The molecule has 27 heavy (non-hydrogen) atoms. The van der Waals surface area contributed by atoms with Crippen LogP contribution in [0.15, 0.2) is 30.5 Å². The molecule has 6 nitrogen and oxygen atoms in total. The number of anilines is 1. The molecule has 3 rings (SSSR count). The molecule has 2 aromatic rings. The summed E-state index contributed by atoms with van der Waals surface area (Å²) < 4.78 is 38.2. The van der Waals surface area contributed by atoms with Crippen molar-refractivity contribution in [2.24, 2.45) is 5.92 Å². The molecule has 1 aliphatic heterocycles. The molecule has 1 aromatic carbocycles. The van der Waals surface area contributed by atoms with E-state index in [0.717, 1.165) is 23.5 Å². The molecule has 10 heteroatoms. The Kier molecular flexibility index (Phi) is 4.89. The monoisotopic (exact) mass is 394 g/mol. The lowest BCUT2D eigenvalue weighted by atomic mass is 9.87. The zero-order chi connectivity index (χ0) is 19.8. The van der Waals surface area contributed by atoms with Crippen molar-refractivity contribution in [3.05, 3.63) is 46.5 Å². The van der Waals surface area contributed by atoms with Gasteiger partial charge in [0, 0.05) is 19.5 Å². The van der Waals surface area contributed by atoms with Gasteiger partial charge in [-0.1, -0.05) is 23.5 Å². The molecule has 0 bridgehead atoms. The number of hydrogen-bond acceptors (Lipinski definition) is 5. The molecule has 0 radical (unpaired) electrons. The van der Waals surface area contributed by atoms with Crippen LogP contribution in [0.25, 0.3) is 0 Å².